The van der Waals surface area contributed by atoms with Crippen LogP contribution >= 0.6 is 34.8 Å². The molecule has 0 spiro atoms. The van der Waals surface area contributed by atoms with Crippen LogP contribution in [0.25, 0.3) is 0 Å². The molecule has 1 aromatic carbocycles. The lowest BCUT2D eigenvalue weighted by atomic mass is 10.1. The highest BCUT2D eigenvalue weighted by Gasteiger charge is 2.33. The molecule has 0 radical (unpaired) electrons. The molecule has 0 bridgehead atoms. The van der Waals surface area contributed by atoms with E-state index in [2.05, 4.69) is 0 Å². The Balaban J connectivity index is 3.03. The third-order valence-electron chi connectivity index (χ3n) is 2.03. The normalized spacial score (nSPS) is 11.4. The highest BCUT2D eigenvalue weighted by molar-refractivity contribution is 6.75. The third-order valence-corrected chi connectivity index (χ3v) is 2.49. The zero-order valence-corrected chi connectivity index (χ0v) is 11.4. The lowest BCUT2D eigenvalue weighted by Crippen LogP contribution is -2.25. The summed E-state index contributed by atoms with van der Waals surface area (Å²) in [5.74, 6) is -0.450. The van der Waals surface area contributed by atoms with E-state index in [9.17, 15) is 4.79 Å². The molecule has 0 aromatic heterocycles. The monoisotopic (exact) mass is 280 g/mol. The van der Waals surface area contributed by atoms with Gasteiger partial charge in [-0.1, -0.05) is 52.5 Å². The van der Waals surface area contributed by atoms with Gasteiger partial charge in [0.1, 0.15) is 5.75 Å². The van der Waals surface area contributed by atoms with Crippen molar-refractivity contribution in [3.8, 4) is 5.75 Å². The predicted octanol–water partition coefficient (Wildman–Crippen LogP) is 3.89. The van der Waals surface area contributed by atoms with Gasteiger partial charge in [0.05, 0.1) is 0 Å². The Hall–Kier alpha value is -0.440. The first-order valence-electron chi connectivity index (χ1n) is 4.58. The summed E-state index contributed by atoms with van der Waals surface area (Å²) >= 11 is 16.3. The maximum Gasteiger partial charge on any atom is 0.363 e. The van der Waals surface area contributed by atoms with Crippen LogP contribution in [0.3, 0.4) is 0 Å². The Labute approximate surface area is 109 Å². The number of carbonyl (C=O) groups excluding carboxylic acids is 1. The molecule has 88 valence electrons. The fraction of sp³-hybridized carbons (Fsp3) is 0.364. The fourth-order valence-electron chi connectivity index (χ4n) is 1.48. The van der Waals surface area contributed by atoms with E-state index < -0.39 is 9.76 Å². The van der Waals surface area contributed by atoms with Gasteiger partial charge in [-0.15, -0.1) is 0 Å². The SMILES string of the molecule is Cc1cc(C)c(OC(=O)C(Cl)(Cl)Cl)c(C)c1. The molecule has 0 unspecified atom stereocenters. The summed E-state index contributed by atoms with van der Waals surface area (Å²) in [5.41, 5.74) is 2.75. The topological polar surface area (TPSA) is 26.3 Å². The summed E-state index contributed by atoms with van der Waals surface area (Å²) in [6, 6.07) is 3.79. The van der Waals surface area contributed by atoms with E-state index in [0.29, 0.717) is 5.75 Å². The van der Waals surface area contributed by atoms with Crippen LogP contribution in [-0.2, 0) is 4.79 Å². The zero-order chi connectivity index (χ0) is 12.5. The maximum atomic E-state index is 11.4. The Morgan fingerprint density at radius 3 is 1.94 bits per heavy atom. The van der Waals surface area contributed by atoms with Crippen LogP contribution in [0, 0.1) is 20.8 Å². The van der Waals surface area contributed by atoms with Gasteiger partial charge in [-0.2, -0.15) is 0 Å². The first-order chi connectivity index (χ1) is 7.21. The van der Waals surface area contributed by atoms with Gasteiger partial charge in [-0.25, -0.2) is 4.79 Å². The fourth-order valence-corrected chi connectivity index (χ4v) is 1.59. The maximum absolute atomic E-state index is 11.4. The van der Waals surface area contributed by atoms with E-state index in [1.165, 1.54) is 0 Å². The van der Waals surface area contributed by atoms with Gasteiger partial charge in [0.2, 0.25) is 0 Å². The number of hydrogen-bond acceptors (Lipinski definition) is 2. The first kappa shape index (κ1) is 13.6. The number of benzene rings is 1. The third kappa shape index (κ3) is 3.27. The second kappa shape index (κ2) is 4.82. The van der Waals surface area contributed by atoms with Crippen LogP contribution in [-0.4, -0.2) is 9.76 Å². The Bertz CT molecular complexity index is 399. The highest BCUT2D eigenvalue weighted by Crippen LogP contribution is 2.31. The number of hydrogen-bond donors (Lipinski definition) is 0. The molecule has 0 fully saturated rings. The van der Waals surface area contributed by atoms with Gasteiger partial charge in [0.25, 0.3) is 3.79 Å². The summed E-state index contributed by atoms with van der Waals surface area (Å²) in [6.45, 7) is 5.63. The predicted molar refractivity (Wildman–Crippen MR) is 66.6 cm³/mol. The molecule has 0 atom stereocenters. The van der Waals surface area contributed by atoms with Crippen LogP contribution in [0.15, 0.2) is 12.1 Å². The minimum Gasteiger partial charge on any atom is -0.423 e. The van der Waals surface area contributed by atoms with Crippen LogP contribution in [0.2, 0.25) is 0 Å². The van der Waals surface area contributed by atoms with E-state index in [0.717, 1.165) is 16.7 Å². The molecule has 0 aliphatic carbocycles. The van der Waals surface area contributed by atoms with Crippen molar-refractivity contribution in [3.05, 3.63) is 28.8 Å². The van der Waals surface area contributed by atoms with Crippen molar-refractivity contribution < 1.29 is 9.53 Å². The summed E-state index contributed by atoms with van der Waals surface area (Å²) < 4.78 is 3.01. The molecule has 2 nitrogen and oxygen atoms in total. The van der Waals surface area contributed by atoms with E-state index in [1.807, 2.05) is 32.9 Å². The number of aryl methyl sites for hydroxylation is 3. The van der Waals surface area contributed by atoms with E-state index in [4.69, 9.17) is 39.5 Å². The van der Waals surface area contributed by atoms with Gasteiger partial charge in [0.15, 0.2) is 0 Å². The van der Waals surface area contributed by atoms with E-state index in [-0.39, 0.29) is 0 Å². The molecular formula is C11H11Cl3O2. The Morgan fingerprint density at radius 2 is 1.56 bits per heavy atom. The van der Waals surface area contributed by atoms with Gasteiger partial charge in [0, 0.05) is 0 Å². The summed E-state index contributed by atoms with van der Waals surface area (Å²) in [4.78, 5) is 11.4. The van der Waals surface area contributed by atoms with E-state index >= 15 is 0 Å². The molecule has 0 aliphatic heterocycles. The molecular weight excluding hydrogens is 270 g/mol. The lowest BCUT2D eigenvalue weighted by molar-refractivity contribution is -0.133. The number of ether oxygens (including phenoxy) is 1. The minimum absolute atomic E-state index is 0.446. The van der Waals surface area contributed by atoms with Gasteiger partial charge in [-0.3, -0.25) is 0 Å². The molecule has 0 saturated heterocycles. The van der Waals surface area contributed by atoms with Gasteiger partial charge >= 0.3 is 5.97 Å². The number of esters is 1. The molecule has 5 heteroatoms. The summed E-state index contributed by atoms with van der Waals surface area (Å²) in [6.07, 6.45) is 0. The zero-order valence-electron chi connectivity index (χ0n) is 9.11. The van der Waals surface area contributed by atoms with Crippen molar-refractivity contribution in [2.45, 2.75) is 24.6 Å². The molecule has 0 saturated carbocycles. The average Bonchev–Trinajstić information content (AvgIpc) is 2.08. The second-order valence-corrected chi connectivity index (χ2v) is 5.90. The largest absolute Gasteiger partial charge is 0.423 e. The van der Waals surface area contributed by atoms with Crippen molar-refractivity contribution in [2.75, 3.05) is 0 Å². The molecule has 0 amide bonds. The molecule has 16 heavy (non-hydrogen) atoms. The highest BCUT2D eigenvalue weighted by atomic mass is 35.6. The van der Waals surface area contributed by atoms with Gasteiger partial charge in [-0.05, 0) is 31.9 Å². The van der Waals surface area contributed by atoms with Crippen molar-refractivity contribution in [1.82, 2.24) is 0 Å². The van der Waals surface area contributed by atoms with Crippen molar-refractivity contribution in [1.29, 1.82) is 0 Å². The van der Waals surface area contributed by atoms with Crippen molar-refractivity contribution in [3.63, 3.8) is 0 Å². The molecule has 0 N–H and O–H groups in total. The standard InChI is InChI=1S/C11H11Cl3O2/c1-6-4-7(2)9(8(3)5-6)16-10(15)11(12,13)14/h4-5H,1-3H3. The van der Waals surface area contributed by atoms with Crippen LogP contribution in [0.5, 0.6) is 5.75 Å². The smallest absolute Gasteiger partial charge is 0.363 e. The number of carbonyl (C=O) groups is 1. The van der Waals surface area contributed by atoms with Crippen molar-refractivity contribution in [2.24, 2.45) is 0 Å². The minimum atomic E-state index is -2.05. The number of halogens is 3. The Morgan fingerprint density at radius 1 is 1.12 bits per heavy atom. The van der Waals surface area contributed by atoms with Crippen LogP contribution < -0.4 is 4.74 Å². The van der Waals surface area contributed by atoms with Crippen molar-refractivity contribution >= 4 is 40.8 Å². The van der Waals surface area contributed by atoms with Crippen LogP contribution in [0.4, 0.5) is 0 Å². The quantitative estimate of drug-likeness (QED) is 0.443. The molecule has 1 aromatic rings. The van der Waals surface area contributed by atoms with E-state index in [1.54, 1.807) is 0 Å². The van der Waals surface area contributed by atoms with Gasteiger partial charge < -0.3 is 4.74 Å². The number of alkyl halides is 3. The summed E-state index contributed by atoms with van der Waals surface area (Å²) in [5, 5.41) is 0. The molecule has 1 rings (SSSR count). The molecule has 0 aliphatic rings. The lowest BCUT2D eigenvalue weighted by Gasteiger charge is -2.14. The Kier molecular flexibility index (Phi) is 4.11. The second-order valence-electron chi connectivity index (χ2n) is 3.62. The average molecular weight is 282 g/mol. The summed E-state index contributed by atoms with van der Waals surface area (Å²) in [7, 11) is 0. The number of rotatable bonds is 1. The first-order valence-corrected chi connectivity index (χ1v) is 5.72. The molecule has 0 heterocycles. The van der Waals surface area contributed by atoms with Crippen LogP contribution in [0.1, 0.15) is 16.7 Å².